The van der Waals surface area contributed by atoms with Crippen LogP contribution in [0.3, 0.4) is 0 Å². The average Bonchev–Trinajstić information content (AvgIpc) is 2.63. The van der Waals surface area contributed by atoms with Crippen molar-refractivity contribution >= 4 is 49.1 Å². The lowest BCUT2D eigenvalue weighted by Gasteiger charge is -2.14. The molecule has 146 valence electrons. The van der Waals surface area contributed by atoms with Gasteiger partial charge in [0, 0.05) is 41.7 Å². The van der Waals surface area contributed by atoms with Gasteiger partial charge in [0.25, 0.3) is 10.0 Å². The van der Waals surface area contributed by atoms with E-state index < -0.39 is 10.0 Å². The largest absolute Gasteiger partial charge is 0.363 e. The summed E-state index contributed by atoms with van der Waals surface area (Å²) in [6, 6.07) is 15.4. The first-order chi connectivity index (χ1) is 13.2. The normalized spacial score (nSPS) is 11.1. The van der Waals surface area contributed by atoms with Crippen LogP contribution in [0.15, 0.2) is 64.0 Å². The fourth-order valence-corrected chi connectivity index (χ4v) is 4.52. The zero-order valence-corrected chi connectivity index (χ0v) is 18.0. The summed E-state index contributed by atoms with van der Waals surface area (Å²) in [7, 11) is 0.144. The third-order valence-corrected chi connectivity index (χ3v) is 6.21. The van der Waals surface area contributed by atoms with Crippen molar-refractivity contribution in [2.45, 2.75) is 11.8 Å². The van der Waals surface area contributed by atoms with E-state index in [2.05, 4.69) is 35.9 Å². The zero-order valence-electron chi connectivity index (χ0n) is 15.6. The number of nitrogens with zero attached hydrogens (tertiary/aromatic N) is 3. The molecule has 0 saturated carbocycles. The number of rotatable bonds is 6. The molecular formula is C19H20BrN5O2S. The van der Waals surface area contributed by atoms with E-state index in [1.165, 1.54) is 0 Å². The van der Waals surface area contributed by atoms with Gasteiger partial charge in [0.05, 0.1) is 0 Å². The summed E-state index contributed by atoms with van der Waals surface area (Å²) in [4.78, 5) is 10.9. The molecule has 1 heterocycles. The molecule has 2 aromatic carbocycles. The summed E-state index contributed by atoms with van der Waals surface area (Å²) in [6.45, 7) is 1.90. The van der Waals surface area contributed by atoms with Crippen molar-refractivity contribution in [1.29, 1.82) is 0 Å². The molecule has 0 spiro atoms. The van der Waals surface area contributed by atoms with E-state index in [-0.39, 0.29) is 4.90 Å². The average molecular weight is 462 g/mol. The van der Waals surface area contributed by atoms with Crippen molar-refractivity contribution < 1.29 is 8.42 Å². The maximum absolute atomic E-state index is 12.6. The molecule has 0 atom stereocenters. The van der Waals surface area contributed by atoms with Crippen LogP contribution in [-0.4, -0.2) is 32.5 Å². The van der Waals surface area contributed by atoms with E-state index in [1.807, 2.05) is 32.0 Å². The molecule has 0 fully saturated rings. The van der Waals surface area contributed by atoms with Crippen molar-refractivity contribution in [3.8, 4) is 0 Å². The van der Waals surface area contributed by atoms with Crippen LogP contribution in [0, 0.1) is 6.92 Å². The predicted octanol–water partition coefficient (Wildman–Crippen LogP) is 4.16. The van der Waals surface area contributed by atoms with Crippen LogP contribution in [0.2, 0.25) is 0 Å². The molecule has 0 unspecified atom stereocenters. The summed E-state index contributed by atoms with van der Waals surface area (Å²) in [5.74, 6) is 1.28. The standard InChI is InChI=1S/C19H20BrN5O2S/c1-13-12-18(25(2)3)23-19(21-13)22-14-8-10-15(11-9-14)24-28(26,27)17-7-5-4-6-16(17)20/h4-12,24H,1-3H3,(H,21,22,23). The lowest BCUT2D eigenvalue weighted by molar-refractivity contribution is 0.601. The van der Waals surface area contributed by atoms with Crippen molar-refractivity contribution in [1.82, 2.24) is 9.97 Å². The SMILES string of the molecule is Cc1cc(N(C)C)nc(Nc2ccc(NS(=O)(=O)c3ccccc3Br)cc2)n1. The maximum Gasteiger partial charge on any atom is 0.263 e. The number of aromatic nitrogens is 2. The second-order valence-electron chi connectivity index (χ2n) is 6.32. The summed E-state index contributed by atoms with van der Waals surface area (Å²) >= 11 is 3.27. The number of benzene rings is 2. The quantitative estimate of drug-likeness (QED) is 0.572. The molecule has 7 nitrogen and oxygen atoms in total. The Morgan fingerprint density at radius 3 is 2.25 bits per heavy atom. The lowest BCUT2D eigenvalue weighted by Crippen LogP contribution is -2.13. The third-order valence-electron chi connectivity index (χ3n) is 3.82. The highest BCUT2D eigenvalue weighted by atomic mass is 79.9. The summed E-state index contributed by atoms with van der Waals surface area (Å²) < 4.78 is 28.2. The van der Waals surface area contributed by atoms with E-state index in [9.17, 15) is 8.42 Å². The first-order valence-corrected chi connectivity index (χ1v) is 10.7. The highest BCUT2D eigenvalue weighted by molar-refractivity contribution is 9.10. The maximum atomic E-state index is 12.6. The van der Waals surface area contributed by atoms with Crippen LogP contribution in [0.5, 0.6) is 0 Å². The Balaban J connectivity index is 1.76. The Kier molecular flexibility index (Phi) is 5.85. The van der Waals surface area contributed by atoms with Gasteiger partial charge in [-0.1, -0.05) is 12.1 Å². The van der Waals surface area contributed by atoms with Crippen LogP contribution in [-0.2, 0) is 10.0 Å². The number of hydrogen-bond acceptors (Lipinski definition) is 6. The summed E-state index contributed by atoms with van der Waals surface area (Å²) in [5.41, 5.74) is 2.05. The number of nitrogens with one attached hydrogen (secondary N) is 2. The number of aryl methyl sites for hydroxylation is 1. The first-order valence-electron chi connectivity index (χ1n) is 8.42. The van der Waals surface area contributed by atoms with E-state index in [4.69, 9.17) is 0 Å². The van der Waals surface area contributed by atoms with E-state index in [0.717, 1.165) is 17.2 Å². The first kappa shape index (κ1) is 20.1. The highest BCUT2D eigenvalue weighted by Crippen LogP contribution is 2.25. The lowest BCUT2D eigenvalue weighted by atomic mass is 10.3. The monoisotopic (exact) mass is 461 g/mol. The molecule has 3 rings (SSSR count). The van der Waals surface area contributed by atoms with E-state index in [0.29, 0.717) is 16.1 Å². The Bertz CT molecular complexity index is 1090. The van der Waals surface area contributed by atoms with Gasteiger partial charge in [-0.15, -0.1) is 0 Å². The Morgan fingerprint density at radius 1 is 0.964 bits per heavy atom. The topological polar surface area (TPSA) is 87.2 Å². The minimum absolute atomic E-state index is 0.182. The Morgan fingerprint density at radius 2 is 1.61 bits per heavy atom. The fourth-order valence-electron chi connectivity index (χ4n) is 2.46. The molecule has 0 amide bonds. The molecule has 0 aliphatic carbocycles. The molecule has 28 heavy (non-hydrogen) atoms. The Labute approximate surface area is 173 Å². The molecule has 0 aliphatic rings. The second-order valence-corrected chi connectivity index (χ2v) is 8.83. The molecule has 9 heteroatoms. The number of sulfonamides is 1. The van der Waals surface area contributed by atoms with Crippen molar-refractivity contribution in [2.75, 3.05) is 29.0 Å². The fraction of sp³-hybridized carbons (Fsp3) is 0.158. The van der Waals surface area contributed by atoms with Crippen molar-refractivity contribution in [3.05, 3.63) is 64.8 Å². The van der Waals surface area contributed by atoms with Crippen LogP contribution in [0.25, 0.3) is 0 Å². The predicted molar refractivity (Wildman–Crippen MR) is 116 cm³/mol. The van der Waals surface area contributed by atoms with Gasteiger partial charge < -0.3 is 10.2 Å². The second kappa shape index (κ2) is 8.15. The van der Waals surface area contributed by atoms with Gasteiger partial charge in [0.2, 0.25) is 5.95 Å². The Hall–Kier alpha value is -2.65. The van der Waals surface area contributed by atoms with Gasteiger partial charge in [0.1, 0.15) is 10.7 Å². The van der Waals surface area contributed by atoms with Gasteiger partial charge >= 0.3 is 0 Å². The highest BCUT2D eigenvalue weighted by Gasteiger charge is 2.17. The van der Waals surface area contributed by atoms with Gasteiger partial charge in [0.15, 0.2) is 0 Å². The van der Waals surface area contributed by atoms with Gasteiger partial charge in [-0.25, -0.2) is 13.4 Å². The molecule has 2 N–H and O–H groups in total. The van der Waals surface area contributed by atoms with E-state index >= 15 is 0 Å². The molecular weight excluding hydrogens is 442 g/mol. The summed E-state index contributed by atoms with van der Waals surface area (Å²) in [6.07, 6.45) is 0. The van der Waals surface area contributed by atoms with Crippen molar-refractivity contribution in [2.24, 2.45) is 0 Å². The van der Waals surface area contributed by atoms with Gasteiger partial charge in [-0.3, -0.25) is 4.72 Å². The third kappa shape index (κ3) is 4.79. The molecule has 3 aromatic rings. The van der Waals surface area contributed by atoms with Crippen LogP contribution >= 0.6 is 15.9 Å². The minimum atomic E-state index is -3.68. The minimum Gasteiger partial charge on any atom is -0.363 e. The van der Waals surface area contributed by atoms with Crippen LogP contribution in [0.4, 0.5) is 23.1 Å². The van der Waals surface area contributed by atoms with Gasteiger partial charge in [-0.05, 0) is 59.3 Å². The molecule has 0 aliphatic heterocycles. The van der Waals surface area contributed by atoms with Crippen LogP contribution < -0.4 is 14.9 Å². The van der Waals surface area contributed by atoms with Crippen LogP contribution in [0.1, 0.15) is 5.69 Å². The smallest absolute Gasteiger partial charge is 0.263 e. The molecule has 1 aromatic heterocycles. The van der Waals surface area contributed by atoms with Gasteiger partial charge in [-0.2, -0.15) is 4.98 Å². The van der Waals surface area contributed by atoms with Crippen molar-refractivity contribution in [3.63, 3.8) is 0 Å². The number of halogens is 1. The molecule has 0 saturated heterocycles. The summed E-state index contributed by atoms with van der Waals surface area (Å²) in [5, 5.41) is 3.14. The zero-order chi connectivity index (χ0) is 20.3. The number of anilines is 4. The molecule has 0 radical (unpaired) electrons. The molecule has 0 bridgehead atoms. The number of hydrogen-bond donors (Lipinski definition) is 2. The van der Waals surface area contributed by atoms with E-state index in [1.54, 1.807) is 48.5 Å².